The van der Waals surface area contributed by atoms with E-state index < -0.39 is 11.8 Å². The van der Waals surface area contributed by atoms with Crippen LogP contribution in [0.1, 0.15) is 0 Å². The van der Waals surface area contributed by atoms with E-state index in [-0.39, 0.29) is 0 Å². The molecule has 6 heteroatoms. The molecular formula is C14H8BrNO4. The molecule has 0 fully saturated rings. The maximum absolute atomic E-state index is 12.1. The summed E-state index contributed by atoms with van der Waals surface area (Å²) in [4.78, 5) is 23.8. The van der Waals surface area contributed by atoms with Gasteiger partial charge in [0.15, 0.2) is 5.58 Å². The van der Waals surface area contributed by atoms with Crippen LogP contribution in [0.3, 0.4) is 0 Å². The van der Waals surface area contributed by atoms with Crippen LogP contribution in [0, 0.1) is 0 Å². The van der Waals surface area contributed by atoms with Gasteiger partial charge in [-0.1, -0.05) is 34.1 Å². The average molecular weight is 334 g/mol. The smallest absolute Gasteiger partial charge is 0.410 e. The molecule has 0 amide bonds. The van der Waals surface area contributed by atoms with Crippen LogP contribution in [0.5, 0.6) is 5.75 Å². The number of hydrogen-bond donors (Lipinski definition) is 0. The maximum Gasteiger partial charge on any atom is 0.429 e. The number of ether oxygens (including phenoxy) is 1. The van der Waals surface area contributed by atoms with Crippen LogP contribution in [-0.2, 0) is 0 Å². The quantitative estimate of drug-likeness (QED) is 0.684. The van der Waals surface area contributed by atoms with Crippen LogP contribution >= 0.6 is 15.9 Å². The predicted octanol–water partition coefficient (Wildman–Crippen LogP) is 3.40. The van der Waals surface area contributed by atoms with Crippen molar-refractivity contribution in [2.45, 2.75) is 0 Å². The molecule has 0 aliphatic heterocycles. The molecule has 100 valence electrons. The van der Waals surface area contributed by atoms with E-state index in [0.717, 1.165) is 9.04 Å². The Morgan fingerprint density at radius 3 is 2.65 bits per heavy atom. The minimum absolute atomic E-state index is 0.322. The van der Waals surface area contributed by atoms with Crippen molar-refractivity contribution < 1.29 is 13.9 Å². The van der Waals surface area contributed by atoms with E-state index in [0.29, 0.717) is 16.8 Å². The van der Waals surface area contributed by atoms with Gasteiger partial charge in [-0.2, -0.15) is 4.57 Å². The van der Waals surface area contributed by atoms with Gasteiger partial charge in [-0.25, -0.2) is 9.59 Å². The van der Waals surface area contributed by atoms with Crippen molar-refractivity contribution in [2.75, 3.05) is 0 Å². The van der Waals surface area contributed by atoms with Gasteiger partial charge < -0.3 is 9.15 Å². The van der Waals surface area contributed by atoms with Gasteiger partial charge >= 0.3 is 11.8 Å². The van der Waals surface area contributed by atoms with E-state index in [4.69, 9.17) is 9.15 Å². The number of carbonyl (C=O) groups excluding carboxylic acids is 1. The highest BCUT2D eigenvalue weighted by Gasteiger charge is 2.18. The van der Waals surface area contributed by atoms with Crippen molar-refractivity contribution in [3.63, 3.8) is 0 Å². The second-order valence-corrected chi connectivity index (χ2v) is 4.91. The molecule has 3 aromatic rings. The molecule has 0 saturated heterocycles. The molecule has 0 aliphatic rings. The number of nitrogens with zero attached hydrogens (tertiary/aromatic N) is 1. The molecule has 0 unspecified atom stereocenters. The summed E-state index contributed by atoms with van der Waals surface area (Å²) < 4.78 is 11.7. The fourth-order valence-corrected chi connectivity index (χ4v) is 2.15. The van der Waals surface area contributed by atoms with Crippen molar-refractivity contribution in [3.05, 3.63) is 63.6 Å². The Bertz CT molecular complexity index is 835. The number of aromatic nitrogens is 1. The Morgan fingerprint density at radius 2 is 1.90 bits per heavy atom. The number of fused-ring (bicyclic) bond motifs is 1. The third-order valence-electron chi connectivity index (χ3n) is 2.67. The van der Waals surface area contributed by atoms with Gasteiger partial charge in [-0.3, -0.25) is 0 Å². The van der Waals surface area contributed by atoms with Crippen molar-refractivity contribution in [2.24, 2.45) is 0 Å². The van der Waals surface area contributed by atoms with E-state index in [2.05, 4.69) is 15.9 Å². The number of carbonyl (C=O) groups is 1. The molecule has 20 heavy (non-hydrogen) atoms. The summed E-state index contributed by atoms with van der Waals surface area (Å²) in [6.45, 7) is 0. The summed E-state index contributed by atoms with van der Waals surface area (Å²) in [5.74, 6) is -0.423. The van der Waals surface area contributed by atoms with Crippen LogP contribution < -0.4 is 10.5 Å². The molecule has 0 radical (unpaired) electrons. The maximum atomic E-state index is 12.1. The van der Waals surface area contributed by atoms with Crippen LogP contribution in [-0.4, -0.2) is 10.7 Å². The SMILES string of the molecule is O=C(Oc1ccccc1)n1c(=O)oc2ccc(Br)cc21. The van der Waals surface area contributed by atoms with Gasteiger partial charge in [0.2, 0.25) is 0 Å². The fraction of sp³-hybridized carbons (Fsp3) is 0. The molecule has 0 saturated carbocycles. The number of para-hydroxylation sites is 1. The van der Waals surface area contributed by atoms with Gasteiger partial charge in [0.05, 0.1) is 0 Å². The number of halogens is 1. The van der Waals surface area contributed by atoms with Crippen molar-refractivity contribution in [1.82, 2.24) is 4.57 Å². The highest BCUT2D eigenvalue weighted by molar-refractivity contribution is 9.10. The molecule has 3 rings (SSSR count). The molecule has 1 aromatic heterocycles. The van der Waals surface area contributed by atoms with Crippen LogP contribution in [0.2, 0.25) is 0 Å². The molecule has 1 heterocycles. The number of rotatable bonds is 1. The van der Waals surface area contributed by atoms with E-state index in [9.17, 15) is 9.59 Å². The Balaban J connectivity index is 2.05. The summed E-state index contributed by atoms with van der Waals surface area (Å²) in [5.41, 5.74) is 0.675. The number of hydrogen-bond acceptors (Lipinski definition) is 4. The first kappa shape index (κ1) is 12.7. The first-order chi connectivity index (χ1) is 9.65. The molecule has 0 aliphatic carbocycles. The Morgan fingerprint density at radius 1 is 1.15 bits per heavy atom. The van der Waals surface area contributed by atoms with Gasteiger partial charge in [0.25, 0.3) is 0 Å². The lowest BCUT2D eigenvalue weighted by Crippen LogP contribution is -2.26. The van der Waals surface area contributed by atoms with E-state index in [1.807, 2.05) is 0 Å². The van der Waals surface area contributed by atoms with E-state index in [1.165, 1.54) is 0 Å². The summed E-state index contributed by atoms with van der Waals surface area (Å²) in [7, 11) is 0. The zero-order chi connectivity index (χ0) is 14.1. The third kappa shape index (κ3) is 2.25. The van der Waals surface area contributed by atoms with Crippen molar-refractivity contribution >= 4 is 33.1 Å². The largest absolute Gasteiger partial charge is 0.429 e. The van der Waals surface area contributed by atoms with Crippen LogP contribution in [0.25, 0.3) is 11.1 Å². The molecule has 0 N–H and O–H groups in total. The Hall–Kier alpha value is -2.34. The second-order valence-electron chi connectivity index (χ2n) is 4.00. The van der Waals surface area contributed by atoms with Crippen LogP contribution in [0.15, 0.2) is 62.2 Å². The zero-order valence-corrected chi connectivity index (χ0v) is 11.7. The minimum Gasteiger partial charge on any atom is -0.410 e. The first-order valence-electron chi connectivity index (χ1n) is 5.73. The lowest BCUT2D eigenvalue weighted by molar-refractivity contribution is 0.201. The summed E-state index contributed by atoms with van der Waals surface area (Å²) in [6.07, 6.45) is -0.807. The monoisotopic (exact) mass is 333 g/mol. The third-order valence-corrected chi connectivity index (χ3v) is 3.17. The van der Waals surface area contributed by atoms with Crippen LogP contribution in [0.4, 0.5) is 4.79 Å². The Labute approximate surface area is 121 Å². The average Bonchev–Trinajstić information content (AvgIpc) is 2.75. The highest BCUT2D eigenvalue weighted by Crippen LogP contribution is 2.19. The molecule has 5 nitrogen and oxygen atoms in total. The second kappa shape index (κ2) is 4.97. The zero-order valence-electron chi connectivity index (χ0n) is 10.1. The summed E-state index contributed by atoms with van der Waals surface area (Å²) >= 11 is 3.28. The molecule has 2 aromatic carbocycles. The highest BCUT2D eigenvalue weighted by atomic mass is 79.9. The summed E-state index contributed by atoms with van der Waals surface area (Å²) in [6, 6.07) is 13.5. The normalized spacial score (nSPS) is 10.7. The van der Waals surface area contributed by atoms with Crippen molar-refractivity contribution in [3.8, 4) is 5.75 Å². The van der Waals surface area contributed by atoms with E-state index >= 15 is 0 Å². The fourth-order valence-electron chi connectivity index (χ4n) is 1.80. The molecule has 0 atom stereocenters. The minimum atomic E-state index is -0.807. The Kier molecular flexibility index (Phi) is 3.15. The topological polar surface area (TPSA) is 61.4 Å². The first-order valence-corrected chi connectivity index (χ1v) is 6.53. The standard InChI is InChI=1S/C14H8BrNO4/c15-9-6-7-12-11(8-9)16(14(18)20-12)13(17)19-10-4-2-1-3-5-10/h1-8H. The van der Waals surface area contributed by atoms with Gasteiger partial charge in [-0.05, 0) is 30.3 Å². The summed E-state index contributed by atoms with van der Waals surface area (Å²) in [5, 5.41) is 0. The molecule has 0 bridgehead atoms. The van der Waals surface area contributed by atoms with E-state index in [1.54, 1.807) is 48.5 Å². The number of benzene rings is 2. The van der Waals surface area contributed by atoms with Gasteiger partial charge in [0, 0.05) is 4.47 Å². The van der Waals surface area contributed by atoms with Crippen molar-refractivity contribution in [1.29, 1.82) is 0 Å². The number of oxazole rings is 1. The predicted molar refractivity (Wildman–Crippen MR) is 76.0 cm³/mol. The lowest BCUT2D eigenvalue weighted by atomic mass is 10.3. The molecule has 0 spiro atoms. The lowest BCUT2D eigenvalue weighted by Gasteiger charge is -2.03. The van der Waals surface area contributed by atoms with Gasteiger partial charge in [-0.15, -0.1) is 0 Å². The molecular weight excluding hydrogens is 326 g/mol. The van der Waals surface area contributed by atoms with Gasteiger partial charge in [0.1, 0.15) is 11.3 Å².